The van der Waals surface area contributed by atoms with E-state index in [1.807, 2.05) is 13.0 Å². The number of ether oxygens (including phenoxy) is 2. The van der Waals surface area contributed by atoms with Gasteiger partial charge in [0.2, 0.25) is 0 Å². The van der Waals surface area contributed by atoms with Crippen LogP contribution in [0.1, 0.15) is 25.3 Å². The number of nitrogens with one attached hydrogen (secondary N) is 1. The molecule has 0 aromatic heterocycles. The van der Waals surface area contributed by atoms with Crippen LogP contribution in [-0.4, -0.2) is 31.3 Å². The fraction of sp³-hybridized carbons (Fsp3) is 0.533. The van der Waals surface area contributed by atoms with E-state index in [0.717, 1.165) is 29.5 Å². The molecule has 1 amide bonds. The average Bonchev–Trinajstić information content (AvgIpc) is 2.94. The second kappa shape index (κ2) is 7.24. The third-order valence-electron chi connectivity index (χ3n) is 3.53. The monoisotopic (exact) mass is 356 g/mol. The molecule has 3 N–H and O–H groups in total. The van der Waals surface area contributed by atoms with E-state index in [9.17, 15) is 4.79 Å². The summed E-state index contributed by atoms with van der Waals surface area (Å²) in [6, 6.07) is 3.69. The van der Waals surface area contributed by atoms with Crippen molar-refractivity contribution in [2.45, 2.75) is 38.9 Å². The highest BCUT2D eigenvalue weighted by Crippen LogP contribution is 2.27. The smallest absolute Gasteiger partial charge is 0.253 e. The Morgan fingerprint density at radius 2 is 2.38 bits per heavy atom. The van der Waals surface area contributed by atoms with Crippen LogP contribution < -0.4 is 11.1 Å². The summed E-state index contributed by atoms with van der Waals surface area (Å²) in [5.41, 5.74) is 8.05. The van der Waals surface area contributed by atoms with Crippen molar-refractivity contribution in [1.82, 2.24) is 0 Å². The fourth-order valence-corrected chi connectivity index (χ4v) is 2.77. The summed E-state index contributed by atoms with van der Waals surface area (Å²) in [5.74, 6) is -0.211. The first-order valence-electron chi connectivity index (χ1n) is 7.07. The Hall–Kier alpha value is -1.11. The lowest BCUT2D eigenvalue weighted by Gasteiger charge is -2.17. The van der Waals surface area contributed by atoms with Crippen LogP contribution in [0, 0.1) is 6.92 Å². The minimum Gasteiger partial charge on any atom is -0.397 e. The zero-order valence-corrected chi connectivity index (χ0v) is 13.9. The number of amides is 1. The van der Waals surface area contributed by atoms with Crippen molar-refractivity contribution in [2.75, 3.05) is 24.3 Å². The topological polar surface area (TPSA) is 73.6 Å². The Bertz CT molecular complexity index is 516. The van der Waals surface area contributed by atoms with E-state index in [-0.39, 0.29) is 12.0 Å². The summed E-state index contributed by atoms with van der Waals surface area (Å²) in [6.45, 7) is 4.85. The van der Waals surface area contributed by atoms with E-state index in [1.54, 1.807) is 13.0 Å². The zero-order chi connectivity index (χ0) is 15.4. The minimum atomic E-state index is -0.548. The maximum absolute atomic E-state index is 12.1. The molecule has 0 bridgehead atoms. The van der Waals surface area contributed by atoms with Gasteiger partial charge in [0.25, 0.3) is 5.91 Å². The van der Waals surface area contributed by atoms with Crippen LogP contribution in [0.15, 0.2) is 16.6 Å². The second-order valence-corrected chi connectivity index (χ2v) is 6.20. The predicted molar refractivity (Wildman–Crippen MR) is 86.3 cm³/mol. The standard InChI is InChI=1S/C15H21BrN2O3/c1-9-6-11(16)7-13(14(9)17)18-15(19)10(2)21-8-12-4-3-5-20-12/h6-7,10,12H,3-5,8,17H2,1-2H3,(H,18,19). The van der Waals surface area contributed by atoms with E-state index in [4.69, 9.17) is 15.2 Å². The summed E-state index contributed by atoms with van der Waals surface area (Å²) in [4.78, 5) is 12.1. The molecule has 1 saturated heterocycles. The Morgan fingerprint density at radius 1 is 1.62 bits per heavy atom. The number of aryl methyl sites for hydroxylation is 1. The zero-order valence-electron chi connectivity index (χ0n) is 12.3. The lowest BCUT2D eigenvalue weighted by Crippen LogP contribution is -2.30. The molecule has 2 rings (SSSR count). The van der Waals surface area contributed by atoms with Gasteiger partial charge in [-0.05, 0) is 44.4 Å². The molecule has 6 heteroatoms. The Morgan fingerprint density at radius 3 is 3.05 bits per heavy atom. The van der Waals surface area contributed by atoms with Gasteiger partial charge in [0.1, 0.15) is 6.10 Å². The Kier molecular flexibility index (Phi) is 5.61. The van der Waals surface area contributed by atoms with E-state index in [0.29, 0.717) is 18.0 Å². The SMILES string of the molecule is Cc1cc(Br)cc(NC(=O)C(C)OCC2CCCO2)c1N. The molecule has 1 fully saturated rings. The lowest BCUT2D eigenvalue weighted by atomic mass is 10.1. The molecule has 1 heterocycles. The van der Waals surface area contributed by atoms with Crippen LogP contribution in [0.25, 0.3) is 0 Å². The highest BCUT2D eigenvalue weighted by Gasteiger charge is 2.20. The second-order valence-electron chi connectivity index (χ2n) is 5.28. The molecule has 0 radical (unpaired) electrons. The number of nitrogen functional groups attached to an aromatic ring is 1. The van der Waals surface area contributed by atoms with Gasteiger partial charge in [-0.25, -0.2) is 0 Å². The molecular weight excluding hydrogens is 336 g/mol. The van der Waals surface area contributed by atoms with Crippen molar-refractivity contribution in [3.8, 4) is 0 Å². The lowest BCUT2D eigenvalue weighted by molar-refractivity contribution is -0.128. The maximum Gasteiger partial charge on any atom is 0.253 e. The fourth-order valence-electron chi connectivity index (χ4n) is 2.20. The third kappa shape index (κ3) is 4.43. The summed E-state index contributed by atoms with van der Waals surface area (Å²) in [7, 11) is 0. The van der Waals surface area contributed by atoms with Crippen LogP contribution in [0.3, 0.4) is 0 Å². The molecular formula is C15H21BrN2O3. The Labute approximate surface area is 133 Å². The first kappa shape index (κ1) is 16.3. The molecule has 0 aliphatic carbocycles. The number of nitrogens with two attached hydrogens (primary N) is 1. The van der Waals surface area contributed by atoms with Crippen molar-refractivity contribution in [3.05, 3.63) is 22.2 Å². The third-order valence-corrected chi connectivity index (χ3v) is 3.99. The number of hydrogen-bond acceptors (Lipinski definition) is 4. The van der Waals surface area contributed by atoms with Crippen molar-refractivity contribution < 1.29 is 14.3 Å². The molecule has 1 aliphatic rings. The molecule has 0 spiro atoms. The van der Waals surface area contributed by atoms with Gasteiger partial charge >= 0.3 is 0 Å². The van der Waals surface area contributed by atoms with Gasteiger partial charge < -0.3 is 20.5 Å². The number of halogens is 1. The van der Waals surface area contributed by atoms with E-state index in [1.165, 1.54) is 0 Å². The van der Waals surface area contributed by atoms with Crippen LogP contribution in [-0.2, 0) is 14.3 Å². The van der Waals surface area contributed by atoms with Crippen LogP contribution in [0.2, 0.25) is 0 Å². The summed E-state index contributed by atoms with van der Waals surface area (Å²) in [6.07, 6.45) is 1.61. The molecule has 1 aromatic rings. The van der Waals surface area contributed by atoms with Crippen molar-refractivity contribution in [1.29, 1.82) is 0 Å². The highest BCUT2D eigenvalue weighted by atomic mass is 79.9. The molecule has 2 atom stereocenters. The van der Waals surface area contributed by atoms with Gasteiger partial charge in [0, 0.05) is 11.1 Å². The van der Waals surface area contributed by atoms with Gasteiger partial charge in [0.05, 0.1) is 24.1 Å². The quantitative estimate of drug-likeness (QED) is 0.795. The number of benzene rings is 1. The maximum atomic E-state index is 12.1. The largest absolute Gasteiger partial charge is 0.397 e. The van der Waals surface area contributed by atoms with Crippen molar-refractivity contribution in [2.24, 2.45) is 0 Å². The van der Waals surface area contributed by atoms with Crippen LogP contribution in [0.5, 0.6) is 0 Å². The predicted octanol–water partition coefficient (Wildman–Crippen LogP) is 2.86. The first-order valence-corrected chi connectivity index (χ1v) is 7.86. The average molecular weight is 357 g/mol. The van der Waals surface area contributed by atoms with Gasteiger partial charge in [-0.1, -0.05) is 15.9 Å². The number of hydrogen-bond donors (Lipinski definition) is 2. The molecule has 2 unspecified atom stereocenters. The first-order chi connectivity index (χ1) is 9.97. The van der Waals surface area contributed by atoms with Gasteiger partial charge in [-0.3, -0.25) is 4.79 Å². The number of carbonyl (C=O) groups is 1. The number of anilines is 2. The summed E-state index contributed by atoms with van der Waals surface area (Å²) in [5, 5.41) is 2.81. The molecule has 1 aromatic carbocycles. The van der Waals surface area contributed by atoms with Gasteiger partial charge in [-0.2, -0.15) is 0 Å². The molecule has 116 valence electrons. The highest BCUT2D eigenvalue weighted by molar-refractivity contribution is 9.10. The van der Waals surface area contributed by atoms with Crippen molar-refractivity contribution in [3.63, 3.8) is 0 Å². The van der Waals surface area contributed by atoms with E-state index >= 15 is 0 Å². The number of carbonyl (C=O) groups excluding carboxylic acids is 1. The van der Waals surface area contributed by atoms with Gasteiger partial charge in [-0.15, -0.1) is 0 Å². The van der Waals surface area contributed by atoms with Gasteiger partial charge in [0.15, 0.2) is 0 Å². The number of rotatable bonds is 5. The summed E-state index contributed by atoms with van der Waals surface area (Å²) < 4.78 is 11.9. The normalized spacial score (nSPS) is 19.5. The molecule has 5 nitrogen and oxygen atoms in total. The van der Waals surface area contributed by atoms with E-state index in [2.05, 4.69) is 21.2 Å². The molecule has 21 heavy (non-hydrogen) atoms. The Balaban J connectivity index is 1.91. The van der Waals surface area contributed by atoms with E-state index < -0.39 is 6.10 Å². The summed E-state index contributed by atoms with van der Waals surface area (Å²) >= 11 is 3.39. The minimum absolute atomic E-state index is 0.110. The molecule has 0 saturated carbocycles. The van der Waals surface area contributed by atoms with Crippen LogP contribution >= 0.6 is 15.9 Å². The van der Waals surface area contributed by atoms with Crippen LogP contribution in [0.4, 0.5) is 11.4 Å². The van der Waals surface area contributed by atoms with Crippen molar-refractivity contribution >= 4 is 33.2 Å². The molecule has 1 aliphatic heterocycles.